The summed E-state index contributed by atoms with van der Waals surface area (Å²) < 4.78 is 0. The van der Waals surface area contributed by atoms with Crippen LogP contribution in [0.3, 0.4) is 0 Å². The fourth-order valence-electron chi connectivity index (χ4n) is 1.32. The zero-order chi connectivity index (χ0) is 10.2. The molecule has 0 heterocycles. The van der Waals surface area contributed by atoms with Gasteiger partial charge in [-0.25, -0.2) is 0 Å². The van der Waals surface area contributed by atoms with Crippen molar-refractivity contribution in [3.8, 4) is 6.07 Å². The highest BCUT2D eigenvalue weighted by Crippen LogP contribution is 2.09. The quantitative estimate of drug-likeness (QED) is 0.721. The molecule has 0 fully saturated rings. The Balaban J connectivity index is 2.22. The Hall–Kier alpha value is -1.49. The van der Waals surface area contributed by atoms with Crippen molar-refractivity contribution < 1.29 is 0 Å². The van der Waals surface area contributed by atoms with Gasteiger partial charge < -0.3 is 5.32 Å². The average Bonchev–Trinajstić information content (AvgIpc) is 2.18. The van der Waals surface area contributed by atoms with E-state index in [2.05, 4.69) is 36.5 Å². The highest BCUT2D eigenvalue weighted by atomic mass is 14.9. The molecule has 0 amide bonds. The lowest BCUT2D eigenvalue weighted by atomic mass is 10.2. The van der Waals surface area contributed by atoms with E-state index in [0.717, 1.165) is 19.4 Å². The summed E-state index contributed by atoms with van der Waals surface area (Å²) in [4.78, 5) is 0. The standard InChI is InChI=1S/C12H16N2/c1-11-6-5-7-12(10-11)14-9-4-2-3-8-13/h5-7,10,14H,2-4,9H2,1H3. The summed E-state index contributed by atoms with van der Waals surface area (Å²) in [6.07, 6.45) is 2.70. The van der Waals surface area contributed by atoms with E-state index in [-0.39, 0.29) is 0 Å². The molecule has 0 saturated heterocycles. The number of hydrogen-bond donors (Lipinski definition) is 1. The summed E-state index contributed by atoms with van der Waals surface area (Å²) in [5.74, 6) is 0. The molecule has 0 radical (unpaired) electrons. The third kappa shape index (κ3) is 3.95. The van der Waals surface area contributed by atoms with Gasteiger partial charge in [0.15, 0.2) is 0 Å². The molecule has 2 heteroatoms. The van der Waals surface area contributed by atoms with Gasteiger partial charge in [-0.3, -0.25) is 0 Å². The number of anilines is 1. The van der Waals surface area contributed by atoms with Crippen LogP contribution in [0.15, 0.2) is 24.3 Å². The molecule has 74 valence electrons. The summed E-state index contributed by atoms with van der Waals surface area (Å²) in [5.41, 5.74) is 2.44. The van der Waals surface area contributed by atoms with Crippen LogP contribution in [0.25, 0.3) is 0 Å². The molecular weight excluding hydrogens is 172 g/mol. The van der Waals surface area contributed by atoms with Crippen molar-refractivity contribution in [2.75, 3.05) is 11.9 Å². The molecule has 1 aromatic carbocycles. The fourth-order valence-corrected chi connectivity index (χ4v) is 1.32. The number of rotatable bonds is 5. The van der Waals surface area contributed by atoms with Gasteiger partial charge in [0.05, 0.1) is 6.07 Å². The summed E-state index contributed by atoms with van der Waals surface area (Å²) in [5, 5.41) is 11.7. The molecule has 0 aliphatic carbocycles. The van der Waals surface area contributed by atoms with Crippen LogP contribution in [0, 0.1) is 18.3 Å². The molecule has 0 aromatic heterocycles. The van der Waals surface area contributed by atoms with Crippen LogP contribution in [-0.4, -0.2) is 6.54 Å². The molecule has 1 N–H and O–H groups in total. The van der Waals surface area contributed by atoms with E-state index in [0.29, 0.717) is 6.42 Å². The Morgan fingerprint density at radius 3 is 2.93 bits per heavy atom. The molecule has 0 unspecified atom stereocenters. The Morgan fingerprint density at radius 1 is 1.36 bits per heavy atom. The van der Waals surface area contributed by atoms with Gasteiger partial charge in [0, 0.05) is 18.7 Å². The lowest BCUT2D eigenvalue weighted by molar-refractivity contribution is 0.784. The van der Waals surface area contributed by atoms with E-state index in [9.17, 15) is 0 Å². The lowest BCUT2D eigenvalue weighted by Crippen LogP contribution is -2.01. The molecule has 0 bridgehead atoms. The first-order chi connectivity index (χ1) is 6.83. The molecule has 0 atom stereocenters. The van der Waals surface area contributed by atoms with E-state index in [1.165, 1.54) is 11.3 Å². The summed E-state index contributed by atoms with van der Waals surface area (Å²) >= 11 is 0. The Bertz CT molecular complexity index is 312. The Morgan fingerprint density at radius 2 is 2.21 bits per heavy atom. The number of nitrogens with one attached hydrogen (secondary N) is 1. The topological polar surface area (TPSA) is 35.8 Å². The smallest absolute Gasteiger partial charge is 0.0621 e. The van der Waals surface area contributed by atoms with Crippen LogP contribution < -0.4 is 5.32 Å². The van der Waals surface area contributed by atoms with Crippen LogP contribution in [0.1, 0.15) is 24.8 Å². The van der Waals surface area contributed by atoms with Gasteiger partial charge in [0.1, 0.15) is 0 Å². The molecule has 1 aromatic rings. The van der Waals surface area contributed by atoms with Gasteiger partial charge in [0.2, 0.25) is 0 Å². The predicted octanol–water partition coefficient (Wildman–Crippen LogP) is 3.10. The van der Waals surface area contributed by atoms with E-state index < -0.39 is 0 Å². The van der Waals surface area contributed by atoms with Gasteiger partial charge in [0.25, 0.3) is 0 Å². The number of aryl methyl sites for hydroxylation is 1. The molecular formula is C12H16N2. The molecule has 2 nitrogen and oxygen atoms in total. The first-order valence-electron chi connectivity index (χ1n) is 5.00. The zero-order valence-corrected chi connectivity index (χ0v) is 8.59. The summed E-state index contributed by atoms with van der Waals surface area (Å²) in [6.45, 7) is 3.03. The van der Waals surface area contributed by atoms with Crippen molar-refractivity contribution in [2.24, 2.45) is 0 Å². The summed E-state index contributed by atoms with van der Waals surface area (Å²) in [6, 6.07) is 10.5. The van der Waals surface area contributed by atoms with Gasteiger partial charge in [-0.15, -0.1) is 0 Å². The SMILES string of the molecule is Cc1cccc(NCCCCC#N)c1. The third-order valence-electron chi connectivity index (χ3n) is 2.06. The second-order valence-corrected chi connectivity index (χ2v) is 3.41. The van der Waals surface area contributed by atoms with Gasteiger partial charge >= 0.3 is 0 Å². The van der Waals surface area contributed by atoms with E-state index in [4.69, 9.17) is 5.26 Å². The molecule has 0 saturated carbocycles. The molecule has 1 rings (SSSR count). The largest absolute Gasteiger partial charge is 0.385 e. The summed E-state index contributed by atoms with van der Waals surface area (Å²) in [7, 11) is 0. The lowest BCUT2D eigenvalue weighted by Gasteiger charge is -2.05. The van der Waals surface area contributed by atoms with Crippen LogP contribution in [0.2, 0.25) is 0 Å². The van der Waals surface area contributed by atoms with Crippen LogP contribution in [0.5, 0.6) is 0 Å². The van der Waals surface area contributed by atoms with Gasteiger partial charge in [-0.1, -0.05) is 12.1 Å². The van der Waals surface area contributed by atoms with Crippen molar-refractivity contribution in [1.29, 1.82) is 5.26 Å². The molecule has 0 aliphatic rings. The first kappa shape index (κ1) is 10.6. The second kappa shape index (κ2) is 6.04. The van der Waals surface area contributed by atoms with Crippen LogP contribution in [-0.2, 0) is 0 Å². The third-order valence-corrected chi connectivity index (χ3v) is 2.06. The average molecular weight is 188 g/mol. The minimum Gasteiger partial charge on any atom is -0.385 e. The highest BCUT2D eigenvalue weighted by molar-refractivity contribution is 5.45. The van der Waals surface area contributed by atoms with E-state index >= 15 is 0 Å². The van der Waals surface area contributed by atoms with E-state index in [1.54, 1.807) is 0 Å². The van der Waals surface area contributed by atoms with Crippen molar-refractivity contribution in [3.05, 3.63) is 29.8 Å². The van der Waals surface area contributed by atoms with Crippen molar-refractivity contribution in [1.82, 2.24) is 0 Å². The maximum absolute atomic E-state index is 8.35. The normalized spacial score (nSPS) is 9.43. The fraction of sp³-hybridized carbons (Fsp3) is 0.417. The first-order valence-corrected chi connectivity index (χ1v) is 5.00. The highest BCUT2D eigenvalue weighted by Gasteiger charge is 1.91. The Kier molecular flexibility index (Phi) is 4.57. The maximum atomic E-state index is 8.35. The van der Waals surface area contributed by atoms with Crippen molar-refractivity contribution in [2.45, 2.75) is 26.2 Å². The second-order valence-electron chi connectivity index (χ2n) is 3.41. The number of nitrogens with zero attached hydrogens (tertiary/aromatic N) is 1. The maximum Gasteiger partial charge on any atom is 0.0621 e. The molecule has 0 spiro atoms. The molecule has 0 aliphatic heterocycles. The molecule has 14 heavy (non-hydrogen) atoms. The zero-order valence-electron chi connectivity index (χ0n) is 8.59. The monoisotopic (exact) mass is 188 g/mol. The van der Waals surface area contributed by atoms with Gasteiger partial charge in [-0.05, 0) is 37.5 Å². The van der Waals surface area contributed by atoms with Crippen molar-refractivity contribution >= 4 is 5.69 Å². The Labute approximate surface area is 85.6 Å². The van der Waals surface area contributed by atoms with Crippen molar-refractivity contribution in [3.63, 3.8) is 0 Å². The predicted molar refractivity (Wildman–Crippen MR) is 59.1 cm³/mol. The minimum absolute atomic E-state index is 0.662. The minimum atomic E-state index is 0.662. The number of benzene rings is 1. The van der Waals surface area contributed by atoms with Crippen LogP contribution in [0.4, 0.5) is 5.69 Å². The van der Waals surface area contributed by atoms with Crippen LogP contribution >= 0.6 is 0 Å². The number of unbranched alkanes of at least 4 members (excludes halogenated alkanes) is 2. The number of hydrogen-bond acceptors (Lipinski definition) is 2. The van der Waals surface area contributed by atoms with Gasteiger partial charge in [-0.2, -0.15) is 5.26 Å². The number of nitriles is 1. The van der Waals surface area contributed by atoms with E-state index in [1.807, 2.05) is 6.07 Å².